The van der Waals surface area contributed by atoms with Crippen molar-refractivity contribution in [2.75, 3.05) is 26.1 Å². The fraction of sp³-hybridized carbons (Fsp3) is 0.238. The van der Waals surface area contributed by atoms with Crippen LogP contribution < -0.4 is 19.0 Å². The van der Waals surface area contributed by atoms with E-state index in [2.05, 4.69) is 11.6 Å². The van der Waals surface area contributed by atoms with Gasteiger partial charge in [0.15, 0.2) is 26.1 Å². The molecule has 4 rings (SSSR count). The van der Waals surface area contributed by atoms with Crippen LogP contribution in [0.3, 0.4) is 0 Å². The Kier molecular flexibility index (Phi) is 5.84. The molecule has 162 valence electrons. The number of carbonyl (C=O) groups excluding carboxylic acids is 1. The predicted octanol–water partition coefficient (Wildman–Crippen LogP) is 2.57. The summed E-state index contributed by atoms with van der Waals surface area (Å²) in [5.74, 6) is 0.295. The van der Waals surface area contributed by atoms with E-state index in [0.717, 1.165) is 10.2 Å². The molecule has 0 saturated heterocycles. The standard InChI is InChI=1S/C21H20N2O6S2/c1-3-8-23-16-11-17-18(29-10-9-28-17)12-19(16)30-21(23)22-20(24)13-31(25,26)15-6-4-14(27-2)5-7-15/h3-7,11-12H,1,8-10,13H2,2H3. The molecular weight excluding hydrogens is 440 g/mol. The summed E-state index contributed by atoms with van der Waals surface area (Å²) in [4.78, 5) is 17.1. The first-order valence-corrected chi connectivity index (χ1v) is 11.9. The van der Waals surface area contributed by atoms with Crippen LogP contribution in [0.5, 0.6) is 17.2 Å². The number of rotatable bonds is 6. The Labute approximate surface area is 182 Å². The third-order valence-electron chi connectivity index (χ3n) is 4.61. The highest BCUT2D eigenvalue weighted by Gasteiger charge is 2.20. The second kappa shape index (κ2) is 8.56. The number of allylic oxidation sites excluding steroid dienone is 1. The van der Waals surface area contributed by atoms with Crippen molar-refractivity contribution in [1.29, 1.82) is 0 Å². The van der Waals surface area contributed by atoms with E-state index in [9.17, 15) is 13.2 Å². The molecule has 10 heteroatoms. The minimum absolute atomic E-state index is 0.0362. The molecule has 0 bridgehead atoms. The van der Waals surface area contributed by atoms with E-state index in [0.29, 0.717) is 41.8 Å². The van der Waals surface area contributed by atoms with Gasteiger partial charge in [0.1, 0.15) is 24.7 Å². The number of benzene rings is 2. The maximum absolute atomic E-state index is 12.6. The van der Waals surface area contributed by atoms with Gasteiger partial charge in [0.05, 0.1) is 22.2 Å². The van der Waals surface area contributed by atoms with Crippen LogP contribution in [-0.4, -0.2) is 45.0 Å². The molecule has 0 aliphatic carbocycles. The molecule has 0 fully saturated rings. The minimum atomic E-state index is -3.84. The van der Waals surface area contributed by atoms with Gasteiger partial charge in [0.25, 0.3) is 5.91 Å². The van der Waals surface area contributed by atoms with Crippen molar-refractivity contribution in [3.8, 4) is 17.2 Å². The van der Waals surface area contributed by atoms with Crippen LogP contribution in [0.4, 0.5) is 0 Å². The molecule has 0 unspecified atom stereocenters. The third-order valence-corrected chi connectivity index (χ3v) is 7.27. The smallest absolute Gasteiger partial charge is 0.263 e. The number of methoxy groups -OCH3 is 1. The highest BCUT2D eigenvalue weighted by atomic mass is 32.2. The van der Waals surface area contributed by atoms with Crippen LogP contribution in [-0.2, 0) is 21.2 Å². The van der Waals surface area contributed by atoms with Crippen molar-refractivity contribution in [1.82, 2.24) is 4.57 Å². The van der Waals surface area contributed by atoms with Crippen LogP contribution in [0.2, 0.25) is 0 Å². The van der Waals surface area contributed by atoms with Gasteiger partial charge < -0.3 is 18.8 Å². The molecule has 1 aliphatic rings. The molecule has 2 heterocycles. The largest absolute Gasteiger partial charge is 0.497 e. The predicted molar refractivity (Wildman–Crippen MR) is 117 cm³/mol. The molecule has 0 atom stereocenters. The lowest BCUT2D eigenvalue weighted by molar-refractivity contribution is -0.115. The molecule has 3 aromatic rings. The minimum Gasteiger partial charge on any atom is -0.497 e. The number of ether oxygens (including phenoxy) is 3. The van der Waals surface area contributed by atoms with Gasteiger partial charge >= 0.3 is 0 Å². The van der Waals surface area contributed by atoms with Crippen LogP contribution in [0.1, 0.15) is 0 Å². The van der Waals surface area contributed by atoms with E-state index in [1.807, 2.05) is 12.1 Å². The van der Waals surface area contributed by atoms with Crippen molar-refractivity contribution in [2.45, 2.75) is 11.4 Å². The summed E-state index contributed by atoms with van der Waals surface area (Å²) < 4.78 is 44.2. The van der Waals surface area contributed by atoms with Crippen molar-refractivity contribution in [3.63, 3.8) is 0 Å². The molecule has 0 spiro atoms. The number of carbonyl (C=O) groups is 1. The molecular formula is C21H20N2O6S2. The Bertz CT molecular complexity index is 1320. The van der Waals surface area contributed by atoms with Gasteiger partial charge in [0.2, 0.25) is 0 Å². The molecule has 1 aliphatic heterocycles. The summed E-state index contributed by atoms with van der Waals surface area (Å²) in [6, 6.07) is 9.55. The van der Waals surface area contributed by atoms with E-state index < -0.39 is 21.5 Å². The van der Waals surface area contributed by atoms with Crippen LogP contribution in [0.25, 0.3) is 10.2 Å². The average molecular weight is 461 g/mol. The van der Waals surface area contributed by atoms with E-state index >= 15 is 0 Å². The monoisotopic (exact) mass is 460 g/mol. The number of aromatic nitrogens is 1. The third kappa shape index (κ3) is 4.35. The van der Waals surface area contributed by atoms with Gasteiger partial charge in [-0.3, -0.25) is 4.79 Å². The maximum Gasteiger partial charge on any atom is 0.263 e. The number of hydrogen-bond acceptors (Lipinski definition) is 7. The highest BCUT2D eigenvalue weighted by molar-refractivity contribution is 7.92. The SMILES string of the molecule is C=CCn1c(=NC(=O)CS(=O)(=O)c2ccc(OC)cc2)sc2cc3c(cc21)OCCO3. The summed E-state index contributed by atoms with van der Waals surface area (Å²) >= 11 is 1.27. The number of thiazole rings is 1. The summed E-state index contributed by atoms with van der Waals surface area (Å²) in [6.07, 6.45) is 1.68. The van der Waals surface area contributed by atoms with E-state index in [1.165, 1.54) is 42.7 Å². The zero-order chi connectivity index (χ0) is 22.0. The van der Waals surface area contributed by atoms with Crippen LogP contribution in [0.15, 0.2) is 58.9 Å². The summed E-state index contributed by atoms with van der Waals surface area (Å²) in [5, 5.41) is 0. The van der Waals surface area contributed by atoms with Crippen molar-refractivity contribution >= 4 is 37.3 Å². The first-order valence-electron chi connectivity index (χ1n) is 9.39. The Morgan fingerprint density at radius 2 is 1.90 bits per heavy atom. The van der Waals surface area contributed by atoms with Gasteiger partial charge in [-0.15, -0.1) is 6.58 Å². The first kappa shape index (κ1) is 21.1. The molecule has 1 aromatic heterocycles. The normalized spacial score (nSPS) is 13.9. The summed E-state index contributed by atoms with van der Waals surface area (Å²) in [7, 11) is -2.35. The summed E-state index contributed by atoms with van der Waals surface area (Å²) in [5.41, 5.74) is 0.804. The van der Waals surface area contributed by atoms with Crippen molar-refractivity contribution in [3.05, 3.63) is 53.9 Å². The van der Waals surface area contributed by atoms with Gasteiger partial charge in [0, 0.05) is 18.7 Å². The number of hydrogen-bond donors (Lipinski definition) is 0. The average Bonchev–Trinajstić information content (AvgIpc) is 3.07. The molecule has 8 nitrogen and oxygen atoms in total. The van der Waals surface area contributed by atoms with E-state index in [4.69, 9.17) is 14.2 Å². The Morgan fingerprint density at radius 1 is 1.23 bits per heavy atom. The topological polar surface area (TPSA) is 96.2 Å². The van der Waals surface area contributed by atoms with E-state index in [1.54, 1.807) is 10.6 Å². The number of nitrogens with zero attached hydrogens (tertiary/aromatic N) is 2. The Balaban J connectivity index is 1.69. The van der Waals surface area contributed by atoms with Gasteiger partial charge in [-0.25, -0.2) is 8.42 Å². The zero-order valence-electron chi connectivity index (χ0n) is 16.7. The second-order valence-corrected chi connectivity index (χ2v) is 9.69. The quantitative estimate of drug-likeness (QED) is 0.525. The molecule has 0 saturated carbocycles. The molecule has 0 N–H and O–H groups in total. The molecule has 0 radical (unpaired) electrons. The summed E-state index contributed by atoms with van der Waals surface area (Å²) in [6.45, 7) is 5.09. The zero-order valence-corrected chi connectivity index (χ0v) is 18.4. The first-order chi connectivity index (χ1) is 14.9. The van der Waals surface area contributed by atoms with Crippen molar-refractivity contribution in [2.24, 2.45) is 4.99 Å². The fourth-order valence-electron chi connectivity index (χ4n) is 3.17. The molecule has 1 amide bonds. The van der Waals surface area contributed by atoms with Gasteiger partial charge in [-0.2, -0.15) is 4.99 Å². The van der Waals surface area contributed by atoms with Crippen LogP contribution in [0, 0.1) is 0 Å². The maximum atomic E-state index is 12.6. The highest BCUT2D eigenvalue weighted by Crippen LogP contribution is 2.35. The number of sulfone groups is 1. The molecule has 31 heavy (non-hydrogen) atoms. The molecule has 2 aromatic carbocycles. The van der Waals surface area contributed by atoms with Crippen molar-refractivity contribution < 1.29 is 27.4 Å². The lowest BCUT2D eigenvalue weighted by Gasteiger charge is -2.18. The second-order valence-electron chi connectivity index (χ2n) is 6.69. The van der Waals surface area contributed by atoms with Gasteiger partial charge in [-0.1, -0.05) is 17.4 Å². The number of fused-ring (bicyclic) bond motifs is 2. The Morgan fingerprint density at radius 3 is 2.55 bits per heavy atom. The lowest BCUT2D eigenvalue weighted by Crippen LogP contribution is -2.20. The van der Waals surface area contributed by atoms with E-state index in [-0.39, 0.29) is 4.90 Å². The Hall–Kier alpha value is -3.11. The number of amides is 1. The van der Waals surface area contributed by atoms with Gasteiger partial charge in [-0.05, 0) is 24.3 Å². The fourth-order valence-corrected chi connectivity index (χ4v) is 5.34. The lowest BCUT2D eigenvalue weighted by atomic mass is 10.2. The van der Waals surface area contributed by atoms with Crippen LogP contribution >= 0.6 is 11.3 Å².